The van der Waals surface area contributed by atoms with Crippen LogP contribution in [0.3, 0.4) is 0 Å². The van der Waals surface area contributed by atoms with Crippen molar-refractivity contribution in [3.05, 3.63) is 52.7 Å². The number of hydrogen-bond acceptors (Lipinski definition) is 3. The lowest BCUT2D eigenvalue weighted by atomic mass is 10.2. The first kappa shape index (κ1) is 9.70. The third-order valence-corrected chi connectivity index (χ3v) is 2.17. The summed E-state index contributed by atoms with van der Waals surface area (Å²) in [6.45, 7) is 0.299. The van der Waals surface area contributed by atoms with Crippen LogP contribution in [0.1, 0.15) is 5.56 Å². The van der Waals surface area contributed by atoms with Gasteiger partial charge in [0, 0.05) is 18.9 Å². The fraction of sp³-hybridized carbons (Fsp3) is 0.100. The van der Waals surface area contributed by atoms with E-state index in [0.29, 0.717) is 6.54 Å². The summed E-state index contributed by atoms with van der Waals surface area (Å²) in [4.78, 5) is 14.0. The highest BCUT2D eigenvalue weighted by atomic mass is 16.5. The van der Waals surface area contributed by atoms with Crippen molar-refractivity contribution in [3.63, 3.8) is 0 Å². The molecule has 5 heteroatoms. The molecule has 0 aliphatic rings. The third kappa shape index (κ3) is 1.83. The number of hydroxylamine groups is 1. The highest BCUT2D eigenvalue weighted by molar-refractivity contribution is 5.40. The van der Waals surface area contributed by atoms with Gasteiger partial charge in [0.05, 0.1) is 5.69 Å². The minimum atomic E-state index is -0.194. The molecule has 0 fully saturated rings. The zero-order valence-corrected chi connectivity index (χ0v) is 7.97. The van der Waals surface area contributed by atoms with E-state index in [1.807, 2.05) is 24.3 Å². The maximum absolute atomic E-state index is 11.4. The van der Waals surface area contributed by atoms with Gasteiger partial charge in [-0.3, -0.25) is 4.57 Å². The van der Waals surface area contributed by atoms with Crippen molar-refractivity contribution in [2.75, 3.05) is 0 Å². The van der Waals surface area contributed by atoms with Gasteiger partial charge in [-0.05, 0) is 11.6 Å². The zero-order valence-electron chi connectivity index (χ0n) is 7.97. The van der Waals surface area contributed by atoms with E-state index in [4.69, 9.17) is 5.21 Å². The van der Waals surface area contributed by atoms with Crippen LogP contribution in [0.4, 0.5) is 0 Å². The van der Waals surface area contributed by atoms with Crippen molar-refractivity contribution >= 4 is 0 Å². The summed E-state index contributed by atoms with van der Waals surface area (Å²) in [6.07, 6.45) is 3.23. The topological polar surface area (TPSA) is 70.0 Å². The molecule has 1 heterocycles. The molecule has 0 saturated carbocycles. The van der Waals surface area contributed by atoms with Gasteiger partial charge in [-0.2, -0.15) is 0 Å². The molecular formula is C10H11N3O2. The molecule has 78 valence electrons. The zero-order chi connectivity index (χ0) is 10.7. The van der Waals surface area contributed by atoms with Crippen LogP contribution in [0, 0.1) is 0 Å². The molecule has 0 amide bonds. The van der Waals surface area contributed by atoms with Gasteiger partial charge in [-0.25, -0.2) is 10.3 Å². The average Bonchev–Trinajstić information content (AvgIpc) is 2.66. The molecule has 0 aliphatic heterocycles. The normalized spacial score (nSPS) is 10.5. The number of aromatic nitrogens is 2. The quantitative estimate of drug-likeness (QED) is 0.644. The Balaban J connectivity index is 2.52. The van der Waals surface area contributed by atoms with Crippen molar-refractivity contribution < 1.29 is 5.21 Å². The van der Waals surface area contributed by atoms with E-state index < -0.39 is 0 Å². The van der Waals surface area contributed by atoms with Gasteiger partial charge in [-0.15, -0.1) is 0 Å². The molecule has 0 saturated heterocycles. The van der Waals surface area contributed by atoms with Crippen molar-refractivity contribution in [3.8, 4) is 5.69 Å². The Hall–Kier alpha value is -1.85. The second kappa shape index (κ2) is 4.12. The first-order valence-electron chi connectivity index (χ1n) is 4.54. The van der Waals surface area contributed by atoms with Crippen LogP contribution >= 0.6 is 0 Å². The lowest BCUT2D eigenvalue weighted by Crippen LogP contribution is -2.17. The lowest BCUT2D eigenvalue weighted by Gasteiger charge is -2.07. The summed E-state index contributed by atoms with van der Waals surface area (Å²) in [5, 5.41) is 8.67. The minimum Gasteiger partial charge on any atom is -0.316 e. The summed E-state index contributed by atoms with van der Waals surface area (Å²) in [5.74, 6) is 0. The number of hydrogen-bond donors (Lipinski definition) is 3. The fourth-order valence-corrected chi connectivity index (χ4v) is 1.49. The molecule has 5 nitrogen and oxygen atoms in total. The summed E-state index contributed by atoms with van der Waals surface area (Å²) in [7, 11) is 0. The Morgan fingerprint density at radius 2 is 2.20 bits per heavy atom. The van der Waals surface area contributed by atoms with E-state index in [-0.39, 0.29) is 5.69 Å². The smallest absolute Gasteiger partial charge is 0.316 e. The number of imidazole rings is 1. The Kier molecular flexibility index (Phi) is 2.66. The minimum absolute atomic E-state index is 0.194. The second-order valence-electron chi connectivity index (χ2n) is 3.10. The van der Waals surface area contributed by atoms with Crippen LogP contribution < -0.4 is 11.2 Å². The molecule has 0 spiro atoms. The van der Waals surface area contributed by atoms with E-state index in [2.05, 4.69) is 10.5 Å². The highest BCUT2D eigenvalue weighted by Crippen LogP contribution is 2.11. The number of aromatic amines is 1. The number of benzene rings is 1. The maximum atomic E-state index is 11.4. The number of nitrogens with zero attached hydrogens (tertiary/aromatic N) is 1. The lowest BCUT2D eigenvalue weighted by molar-refractivity contribution is 0.161. The van der Waals surface area contributed by atoms with Crippen molar-refractivity contribution in [1.82, 2.24) is 15.0 Å². The third-order valence-electron chi connectivity index (χ3n) is 2.17. The molecular weight excluding hydrogens is 194 g/mol. The van der Waals surface area contributed by atoms with Gasteiger partial charge >= 0.3 is 5.69 Å². The van der Waals surface area contributed by atoms with Crippen LogP contribution in [-0.2, 0) is 6.54 Å². The van der Waals surface area contributed by atoms with E-state index >= 15 is 0 Å². The van der Waals surface area contributed by atoms with Gasteiger partial charge in [0.2, 0.25) is 0 Å². The molecule has 3 N–H and O–H groups in total. The van der Waals surface area contributed by atoms with Crippen LogP contribution in [0.25, 0.3) is 5.69 Å². The average molecular weight is 205 g/mol. The summed E-state index contributed by atoms with van der Waals surface area (Å²) < 4.78 is 1.49. The maximum Gasteiger partial charge on any atom is 0.330 e. The van der Waals surface area contributed by atoms with E-state index in [9.17, 15) is 4.79 Å². The Labute approximate surface area is 86.0 Å². The Bertz CT molecular complexity index is 501. The molecule has 1 aromatic carbocycles. The molecule has 1 aromatic heterocycles. The molecule has 15 heavy (non-hydrogen) atoms. The molecule has 2 rings (SSSR count). The Morgan fingerprint density at radius 1 is 1.40 bits per heavy atom. The predicted octanol–water partition coefficient (Wildman–Crippen LogP) is 0.644. The Morgan fingerprint density at radius 3 is 2.87 bits per heavy atom. The molecule has 0 atom stereocenters. The highest BCUT2D eigenvalue weighted by Gasteiger charge is 2.04. The molecule has 0 aliphatic carbocycles. The van der Waals surface area contributed by atoms with Crippen LogP contribution in [0.5, 0.6) is 0 Å². The number of para-hydroxylation sites is 1. The van der Waals surface area contributed by atoms with Crippen LogP contribution in [-0.4, -0.2) is 14.8 Å². The number of nitrogens with one attached hydrogen (secondary N) is 2. The van der Waals surface area contributed by atoms with Gasteiger partial charge in [0.25, 0.3) is 0 Å². The first-order valence-corrected chi connectivity index (χ1v) is 4.54. The molecule has 0 bridgehead atoms. The van der Waals surface area contributed by atoms with Crippen molar-refractivity contribution in [2.24, 2.45) is 0 Å². The standard InChI is InChI=1S/C10H11N3O2/c14-10-11-5-6-13(10)9-4-2-1-3-8(9)7-12-15/h1-6,12,15H,7H2,(H,11,14). The monoisotopic (exact) mass is 205 g/mol. The van der Waals surface area contributed by atoms with Crippen LogP contribution in [0.15, 0.2) is 41.5 Å². The largest absolute Gasteiger partial charge is 0.330 e. The van der Waals surface area contributed by atoms with Gasteiger partial charge in [0.1, 0.15) is 0 Å². The number of H-pyrrole nitrogens is 1. The molecule has 2 aromatic rings. The summed E-state index contributed by atoms with van der Waals surface area (Å²) in [6, 6.07) is 7.36. The van der Waals surface area contributed by atoms with Crippen molar-refractivity contribution in [2.45, 2.75) is 6.54 Å². The van der Waals surface area contributed by atoms with E-state index in [1.54, 1.807) is 12.4 Å². The molecule has 0 radical (unpaired) electrons. The van der Waals surface area contributed by atoms with E-state index in [1.165, 1.54) is 4.57 Å². The van der Waals surface area contributed by atoms with E-state index in [0.717, 1.165) is 11.3 Å². The summed E-state index contributed by atoms with van der Waals surface area (Å²) in [5.41, 5.74) is 3.49. The fourth-order valence-electron chi connectivity index (χ4n) is 1.49. The SMILES string of the molecule is O=c1[nH]ccn1-c1ccccc1CNO. The van der Waals surface area contributed by atoms with Crippen LogP contribution in [0.2, 0.25) is 0 Å². The van der Waals surface area contributed by atoms with Gasteiger partial charge < -0.3 is 10.2 Å². The van der Waals surface area contributed by atoms with Gasteiger partial charge in [-0.1, -0.05) is 18.2 Å². The molecule has 0 unspecified atom stereocenters. The summed E-state index contributed by atoms with van der Waals surface area (Å²) >= 11 is 0. The van der Waals surface area contributed by atoms with Crippen molar-refractivity contribution in [1.29, 1.82) is 0 Å². The van der Waals surface area contributed by atoms with Gasteiger partial charge in [0.15, 0.2) is 0 Å². The predicted molar refractivity (Wildman–Crippen MR) is 55.0 cm³/mol. The second-order valence-corrected chi connectivity index (χ2v) is 3.10. The first-order chi connectivity index (χ1) is 7.33. The number of rotatable bonds is 3.